The molecule has 0 saturated carbocycles. The van der Waals surface area contributed by atoms with Crippen LogP contribution in [0.15, 0.2) is 47.1 Å². The Morgan fingerprint density at radius 1 is 1.17 bits per heavy atom. The molecule has 0 aliphatic rings. The maximum atomic E-state index is 12.2. The van der Waals surface area contributed by atoms with Gasteiger partial charge in [0.2, 0.25) is 5.91 Å². The molecule has 0 spiro atoms. The van der Waals surface area contributed by atoms with Crippen LogP contribution < -0.4 is 5.32 Å². The summed E-state index contributed by atoms with van der Waals surface area (Å²) in [6.45, 7) is 4.54. The van der Waals surface area contributed by atoms with Crippen molar-refractivity contribution in [3.63, 3.8) is 0 Å². The van der Waals surface area contributed by atoms with Crippen molar-refractivity contribution in [3.8, 4) is 6.07 Å². The van der Waals surface area contributed by atoms with Crippen LogP contribution in [-0.4, -0.2) is 5.91 Å². The minimum Gasteiger partial charge on any atom is -0.464 e. The van der Waals surface area contributed by atoms with E-state index in [9.17, 15) is 4.79 Å². The standard InChI is InChI=1S/C20H18N2O2/c1-13-7-18-17(12-24-19(18)8-14(13)2)9-20(23)22-11-16-5-3-15(10-21)4-6-16/h3-8,12H,9,11H2,1-2H3,(H,22,23). The van der Waals surface area contributed by atoms with Crippen LogP contribution in [0.4, 0.5) is 0 Å². The average molecular weight is 318 g/mol. The Morgan fingerprint density at radius 3 is 2.58 bits per heavy atom. The zero-order valence-electron chi connectivity index (χ0n) is 13.7. The maximum Gasteiger partial charge on any atom is 0.224 e. The van der Waals surface area contributed by atoms with Gasteiger partial charge in [-0.25, -0.2) is 0 Å². The number of nitriles is 1. The van der Waals surface area contributed by atoms with Gasteiger partial charge in [0, 0.05) is 17.5 Å². The van der Waals surface area contributed by atoms with Crippen LogP contribution in [0.5, 0.6) is 0 Å². The number of carbonyl (C=O) groups is 1. The van der Waals surface area contributed by atoms with Gasteiger partial charge in [-0.1, -0.05) is 12.1 Å². The van der Waals surface area contributed by atoms with E-state index in [2.05, 4.69) is 24.4 Å². The molecule has 0 aliphatic carbocycles. The fourth-order valence-corrected chi connectivity index (χ4v) is 2.61. The third-order valence-corrected chi connectivity index (χ3v) is 4.19. The van der Waals surface area contributed by atoms with E-state index in [-0.39, 0.29) is 12.3 Å². The van der Waals surface area contributed by atoms with Crippen LogP contribution in [0.3, 0.4) is 0 Å². The molecule has 24 heavy (non-hydrogen) atoms. The number of hydrogen-bond donors (Lipinski definition) is 1. The molecule has 3 rings (SSSR count). The molecule has 0 unspecified atom stereocenters. The molecule has 3 aromatic rings. The van der Waals surface area contributed by atoms with Crippen LogP contribution in [0.25, 0.3) is 11.0 Å². The van der Waals surface area contributed by atoms with Gasteiger partial charge in [0.15, 0.2) is 0 Å². The van der Waals surface area contributed by atoms with Gasteiger partial charge in [0.05, 0.1) is 24.3 Å². The molecule has 120 valence electrons. The number of nitrogens with zero attached hydrogens (tertiary/aromatic N) is 1. The summed E-state index contributed by atoms with van der Waals surface area (Å²) < 4.78 is 5.56. The van der Waals surface area contributed by atoms with Gasteiger partial charge in [-0.3, -0.25) is 4.79 Å². The predicted octanol–water partition coefficient (Wildman–Crippen LogP) is 3.78. The summed E-state index contributed by atoms with van der Waals surface area (Å²) in [4.78, 5) is 12.2. The van der Waals surface area contributed by atoms with Crippen molar-refractivity contribution in [2.75, 3.05) is 0 Å². The first-order valence-electron chi connectivity index (χ1n) is 7.80. The number of hydrogen-bond acceptors (Lipinski definition) is 3. The summed E-state index contributed by atoms with van der Waals surface area (Å²) in [7, 11) is 0. The molecular formula is C20H18N2O2. The molecule has 0 saturated heterocycles. The van der Waals surface area contributed by atoms with Crippen molar-refractivity contribution in [1.82, 2.24) is 5.32 Å². The van der Waals surface area contributed by atoms with Crippen LogP contribution in [0.1, 0.15) is 27.8 Å². The van der Waals surface area contributed by atoms with Gasteiger partial charge in [0.25, 0.3) is 0 Å². The highest BCUT2D eigenvalue weighted by Gasteiger charge is 2.11. The molecule has 4 nitrogen and oxygen atoms in total. The number of carbonyl (C=O) groups excluding carboxylic acids is 1. The summed E-state index contributed by atoms with van der Waals surface area (Å²) in [6, 6.07) is 13.3. The monoisotopic (exact) mass is 318 g/mol. The summed E-state index contributed by atoms with van der Waals surface area (Å²) in [5.41, 5.74) is 5.64. The molecular weight excluding hydrogens is 300 g/mol. The van der Waals surface area contributed by atoms with Crippen molar-refractivity contribution in [1.29, 1.82) is 5.26 Å². The summed E-state index contributed by atoms with van der Waals surface area (Å²) in [5, 5.41) is 12.7. The third-order valence-electron chi connectivity index (χ3n) is 4.19. The smallest absolute Gasteiger partial charge is 0.224 e. The number of benzene rings is 2. The second kappa shape index (κ2) is 6.59. The van der Waals surface area contributed by atoms with Crippen LogP contribution >= 0.6 is 0 Å². The highest BCUT2D eigenvalue weighted by molar-refractivity contribution is 5.88. The molecule has 1 N–H and O–H groups in total. The van der Waals surface area contributed by atoms with E-state index in [1.165, 1.54) is 11.1 Å². The molecule has 2 aromatic carbocycles. The molecule has 0 fully saturated rings. The number of fused-ring (bicyclic) bond motifs is 1. The third kappa shape index (κ3) is 3.31. The average Bonchev–Trinajstić information content (AvgIpc) is 2.95. The summed E-state index contributed by atoms with van der Waals surface area (Å²) in [6.07, 6.45) is 1.94. The second-order valence-electron chi connectivity index (χ2n) is 5.96. The molecule has 4 heteroatoms. The van der Waals surface area contributed by atoms with Crippen molar-refractivity contribution < 1.29 is 9.21 Å². The predicted molar refractivity (Wildman–Crippen MR) is 92.4 cm³/mol. The zero-order valence-corrected chi connectivity index (χ0v) is 13.7. The Balaban J connectivity index is 1.66. The van der Waals surface area contributed by atoms with E-state index >= 15 is 0 Å². The first-order valence-corrected chi connectivity index (χ1v) is 7.80. The van der Waals surface area contributed by atoms with Crippen molar-refractivity contribution in [2.24, 2.45) is 0 Å². The number of amides is 1. The Hall–Kier alpha value is -3.06. The molecule has 1 amide bonds. The van der Waals surface area contributed by atoms with E-state index in [0.717, 1.165) is 22.1 Å². The van der Waals surface area contributed by atoms with Crippen molar-refractivity contribution >= 4 is 16.9 Å². The zero-order chi connectivity index (χ0) is 17.1. The Bertz CT molecular complexity index is 931. The number of furan rings is 1. The maximum absolute atomic E-state index is 12.2. The summed E-state index contributed by atoms with van der Waals surface area (Å²) in [5.74, 6) is -0.0553. The lowest BCUT2D eigenvalue weighted by Gasteiger charge is -2.05. The largest absolute Gasteiger partial charge is 0.464 e. The van der Waals surface area contributed by atoms with Crippen molar-refractivity contribution in [3.05, 3.63) is 70.5 Å². The quantitative estimate of drug-likeness (QED) is 0.796. The Kier molecular flexibility index (Phi) is 4.35. The Morgan fingerprint density at radius 2 is 1.88 bits per heavy atom. The van der Waals surface area contributed by atoms with Gasteiger partial charge in [-0.2, -0.15) is 5.26 Å². The second-order valence-corrected chi connectivity index (χ2v) is 5.96. The minimum atomic E-state index is -0.0553. The lowest BCUT2D eigenvalue weighted by atomic mass is 10.0. The van der Waals surface area contributed by atoms with Crippen molar-refractivity contribution in [2.45, 2.75) is 26.8 Å². The van der Waals surface area contributed by atoms with E-state index in [1.807, 2.05) is 25.1 Å². The molecule has 1 aromatic heterocycles. The van der Waals surface area contributed by atoms with E-state index in [0.29, 0.717) is 12.1 Å². The van der Waals surface area contributed by atoms with E-state index < -0.39 is 0 Å². The van der Waals surface area contributed by atoms with Crippen LogP contribution in [-0.2, 0) is 17.8 Å². The fourth-order valence-electron chi connectivity index (χ4n) is 2.61. The SMILES string of the molecule is Cc1cc2occ(CC(=O)NCc3ccc(C#N)cc3)c2cc1C. The highest BCUT2D eigenvalue weighted by Crippen LogP contribution is 2.25. The first-order chi connectivity index (χ1) is 11.6. The Labute approximate surface area is 140 Å². The van der Waals surface area contributed by atoms with Gasteiger partial charge >= 0.3 is 0 Å². The number of aryl methyl sites for hydroxylation is 2. The fraction of sp³-hybridized carbons (Fsp3) is 0.200. The topological polar surface area (TPSA) is 66.0 Å². The van der Waals surface area contributed by atoms with Crippen LogP contribution in [0, 0.1) is 25.2 Å². The van der Waals surface area contributed by atoms with Gasteiger partial charge in [-0.05, 0) is 54.8 Å². The molecule has 0 radical (unpaired) electrons. The van der Waals surface area contributed by atoms with Gasteiger partial charge in [-0.15, -0.1) is 0 Å². The van der Waals surface area contributed by atoms with Crippen LogP contribution in [0.2, 0.25) is 0 Å². The number of nitrogens with one attached hydrogen (secondary N) is 1. The lowest BCUT2D eigenvalue weighted by Crippen LogP contribution is -2.24. The van der Waals surface area contributed by atoms with Gasteiger partial charge in [0.1, 0.15) is 5.58 Å². The minimum absolute atomic E-state index is 0.0553. The van der Waals surface area contributed by atoms with E-state index in [1.54, 1.807) is 18.4 Å². The molecule has 0 aliphatic heterocycles. The van der Waals surface area contributed by atoms with Gasteiger partial charge < -0.3 is 9.73 Å². The summed E-state index contributed by atoms with van der Waals surface area (Å²) >= 11 is 0. The molecule has 0 bridgehead atoms. The molecule has 1 heterocycles. The normalized spacial score (nSPS) is 10.5. The molecule has 0 atom stereocenters. The number of rotatable bonds is 4. The van der Waals surface area contributed by atoms with E-state index in [4.69, 9.17) is 9.68 Å². The first kappa shape index (κ1) is 15.8. The lowest BCUT2D eigenvalue weighted by molar-refractivity contribution is -0.120. The highest BCUT2D eigenvalue weighted by atomic mass is 16.3.